The number of hydroxylamine groups is 1. The van der Waals surface area contributed by atoms with E-state index in [0.29, 0.717) is 24.5 Å². The van der Waals surface area contributed by atoms with E-state index in [0.717, 1.165) is 31.2 Å². The summed E-state index contributed by atoms with van der Waals surface area (Å²) in [6.07, 6.45) is 4.41. The summed E-state index contributed by atoms with van der Waals surface area (Å²) in [6.45, 7) is 13.9. The van der Waals surface area contributed by atoms with Gasteiger partial charge in [-0.05, 0) is 87.3 Å². The van der Waals surface area contributed by atoms with Crippen LogP contribution in [-0.2, 0) is 4.84 Å². The number of rotatable bonds is 7. The molecule has 2 aliphatic rings. The van der Waals surface area contributed by atoms with Gasteiger partial charge in [0, 0.05) is 5.56 Å². The number of benzene rings is 2. The van der Waals surface area contributed by atoms with Crippen molar-refractivity contribution >= 4 is 11.8 Å². The van der Waals surface area contributed by atoms with Gasteiger partial charge in [-0.15, -0.1) is 0 Å². The van der Waals surface area contributed by atoms with Crippen LogP contribution in [0, 0.1) is 49.7 Å². The second kappa shape index (κ2) is 15.8. The van der Waals surface area contributed by atoms with Crippen LogP contribution in [0.3, 0.4) is 0 Å². The van der Waals surface area contributed by atoms with Crippen molar-refractivity contribution in [2.45, 2.75) is 86.1 Å². The SMILES string of the molecule is CC.CC.Cc1ccc(C(=O)NC2(CC#N)CC2)cc1C.Cc1ccc(C(=O)NOCC2CC2)c(F)c1F. The van der Waals surface area contributed by atoms with Gasteiger partial charge in [-0.1, -0.05) is 39.8 Å². The molecule has 0 unspecified atom stereocenters. The molecule has 0 saturated heterocycles. The van der Waals surface area contributed by atoms with Crippen LogP contribution in [0.1, 0.15) is 97.2 Å². The zero-order valence-electron chi connectivity index (χ0n) is 23.6. The van der Waals surface area contributed by atoms with E-state index in [-0.39, 0.29) is 22.6 Å². The number of nitriles is 1. The second-order valence-corrected chi connectivity index (χ2v) is 9.11. The zero-order chi connectivity index (χ0) is 28.9. The third-order valence-electron chi connectivity index (χ3n) is 6.12. The Morgan fingerprint density at radius 1 is 0.947 bits per heavy atom. The number of hydrogen-bond donors (Lipinski definition) is 2. The summed E-state index contributed by atoms with van der Waals surface area (Å²) in [5, 5.41) is 11.7. The molecule has 8 heteroatoms. The van der Waals surface area contributed by atoms with Gasteiger partial charge in [0.15, 0.2) is 11.6 Å². The lowest BCUT2D eigenvalue weighted by Gasteiger charge is -2.14. The van der Waals surface area contributed by atoms with Crippen molar-refractivity contribution in [3.8, 4) is 6.07 Å². The fourth-order valence-corrected chi connectivity index (χ4v) is 3.23. The smallest absolute Gasteiger partial charge is 0.277 e. The normalized spacial score (nSPS) is 14.1. The average Bonchev–Trinajstić information content (AvgIpc) is 3.85. The molecular weight excluding hydrogens is 488 g/mol. The van der Waals surface area contributed by atoms with Crippen molar-refractivity contribution in [1.82, 2.24) is 10.8 Å². The molecule has 2 aromatic carbocycles. The van der Waals surface area contributed by atoms with Crippen LogP contribution >= 0.6 is 0 Å². The molecule has 0 heterocycles. The van der Waals surface area contributed by atoms with E-state index >= 15 is 0 Å². The lowest BCUT2D eigenvalue weighted by Crippen LogP contribution is -2.36. The Bertz CT molecular complexity index is 1120. The molecule has 0 bridgehead atoms. The summed E-state index contributed by atoms with van der Waals surface area (Å²) in [5.41, 5.74) is 4.66. The first kappa shape index (κ1) is 32.7. The van der Waals surface area contributed by atoms with Gasteiger partial charge >= 0.3 is 0 Å². The van der Waals surface area contributed by atoms with Crippen LogP contribution in [0.4, 0.5) is 8.78 Å². The number of halogens is 2. The third-order valence-corrected chi connectivity index (χ3v) is 6.12. The number of carbonyl (C=O) groups excluding carboxylic acids is 2. The number of nitrogens with zero attached hydrogens (tertiary/aromatic N) is 1. The van der Waals surface area contributed by atoms with Gasteiger partial charge in [0.25, 0.3) is 11.8 Å². The molecule has 0 radical (unpaired) electrons. The Balaban J connectivity index is 0.000000336. The summed E-state index contributed by atoms with van der Waals surface area (Å²) in [4.78, 5) is 28.4. The Hall–Kier alpha value is -3.31. The predicted octanol–water partition coefficient (Wildman–Crippen LogP) is 6.88. The van der Waals surface area contributed by atoms with Crippen LogP contribution in [0.2, 0.25) is 0 Å². The standard InChI is InChI=1S/C14H16N2O.C12H13F2NO2.2C2H6/c1-10-3-4-12(9-11(10)2)13(17)16-14(5-6-14)7-8-15;1-7-2-5-9(11(14)10(7)13)12(16)15-17-6-8-3-4-8;2*1-2/h3-4,9H,5-7H2,1-2H3,(H,16,17);2,5,8H,3-4,6H2,1H3,(H,15,16);2*1-2H3. The Kier molecular flexibility index (Phi) is 13.6. The monoisotopic (exact) mass is 529 g/mol. The maximum absolute atomic E-state index is 13.4. The van der Waals surface area contributed by atoms with E-state index in [1.807, 2.05) is 59.7 Å². The van der Waals surface area contributed by atoms with Crippen molar-refractivity contribution in [2.24, 2.45) is 5.92 Å². The van der Waals surface area contributed by atoms with Crippen molar-refractivity contribution < 1.29 is 23.2 Å². The minimum absolute atomic E-state index is 0.0687. The van der Waals surface area contributed by atoms with Crippen LogP contribution in [0.5, 0.6) is 0 Å². The molecule has 0 atom stereocenters. The molecule has 2 saturated carbocycles. The summed E-state index contributed by atoms with van der Waals surface area (Å²) in [7, 11) is 0. The zero-order valence-corrected chi connectivity index (χ0v) is 23.6. The minimum Gasteiger partial charge on any atom is -0.346 e. The molecule has 38 heavy (non-hydrogen) atoms. The Labute approximate surface area is 225 Å². The molecule has 2 amide bonds. The molecule has 0 spiro atoms. The fourth-order valence-electron chi connectivity index (χ4n) is 3.23. The number of carbonyl (C=O) groups is 2. The number of aryl methyl sites for hydroxylation is 3. The number of amides is 2. The van der Waals surface area contributed by atoms with Crippen molar-refractivity contribution in [2.75, 3.05) is 6.61 Å². The molecular formula is C30H41F2N3O3. The molecule has 2 fully saturated rings. The molecule has 0 aromatic heterocycles. The molecule has 2 aliphatic carbocycles. The van der Waals surface area contributed by atoms with Crippen molar-refractivity contribution in [3.05, 3.63) is 69.8 Å². The number of nitrogens with one attached hydrogen (secondary N) is 2. The first-order valence-corrected chi connectivity index (χ1v) is 13.3. The van der Waals surface area contributed by atoms with Gasteiger partial charge < -0.3 is 5.32 Å². The Morgan fingerprint density at radius 3 is 2.08 bits per heavy atom. The highest BCUT2D eigenvalue weighted by molar-refractivity contribution is 5.95. The fraction of sp³-hybridized carbons (Fsp3) is 0.500. The van der Waals surface area contributed by atoms with E-state index < -0.39 is 17.5 Å². The lowest BCUT2D eigenvalue weighted by atomic mass is 10.1. The highest BCUT2D eigenvalue weighted by Gasteiger charge is 2.43. The first-order valence-electron chi connectivity index (χ1n) is 13.3. The molecule has 0 aliphatic heterocycles. The van der Waals surface area contributed by atoms with Gasteiger partial charge in [0.05, 0.1) is 30.2 Å². The summed E-state index contributed by atoms with van der Waals surface area (Å²) < 4.78 is 26.6. The van der Waals surface area contributed by atoms with Gasteiger partial charge in [0.1, 0.15) is 0 Å². The molecule has 2 N–H and O–H groups in total. The largest absolute Gasteiger partial charge is 0.346 e. The topological polar surface area (TPSA) is 91.2 Å². The highest BCUT2D eigenvalue weighted by atomic mass is 19.2. The lowest BCUT2D eigenvalue weighted by molar-refractivity contribution is 0.0266. The van der Waals surface area contributed by atoms with Crippen LogP contribution in [0.15, 0.2) is 30.3 Å². The van der Waals surface area contributed by atoms with E-state index in [2.05, 4.69) is 16.9 Å². The second-order valence-electron chi connectivity index (χ2n) is 9.11. The van der Waals surface area contributed by atoms with E-state index in [1.165, 1.54) is 24.6 Å². The third kappa shape index (κ3) is 9.86. The van der Waals surface area contributed by atoms with Gasteiger partial charge in [0.2, 0.25) is 0 Å². The molecule has 2 aromatic rings. The summed E-state index contributed by atoms with van der Waals surface area (Å²) in [6, 6.07) is 10.4. The average molecular weight is 530 g/mol. The van der Waals surface area contributed by atoms with Crippen molar-refractivity contribution in [1.29, 1.82) is 5.26 Å². The quantitative estimate of drug-likeness (QED) is 0.383. The minimum atomic E-state index is -1.14. The van der Waals surface area contributed by atoms with E-state index in [4.69, 9.17) is 10.1 Å². The molecule has 4 rings (SSSR count). The van der Waals surface area contributed by atoms with Crippen LogP contribution in [-0.4, -0.2) is 24.0 Å². The van der Waals surface area contributed by atoms with E-state index in [9.17, 15) is 18.4 Å². The maximum Gasteiger partial charge on any atom is 0.277 e. The van der Waals surface area contributed by atoms with Crippen LogP contribution < -0.4 is 10.8 Å². The summed E-state index contributed by atoms with van der Waals surface area (Å²) >= 11 is 0. The first-order chi connectivity index (χ1) is 18.2. The summed E-state index contributed by atoms with van der Waals surface area (Å²) in [5.74, 6) is -2.49. The predicted molar refractivity (Wildman–Crippen MR) is 146 cm³/mol. The Morgan fingerprint density at radius 2 is 1.55 bits per heavy atom. The van der Waals surface area contributed by atoms with Gasteiger partial charge in [-0.3, -0.25) is 14.4 Å². The van der Waals surface area contributed by atoms with Crippen molar-refractivity contribution in [3.63, 3.8) is 0 Å². The van der Waals surface area contributed by atoms with Gasteiger partial charge in [-0.2, -0.15) is 5.26 Å². The van der Waals surface area contributed by atoms with Crippen LogP contribution in [0.25, 0.3) is 0 Å². The highest BCUT2D eigenvalue weighted by Crippen LogP contribution is 2.38. The number of hydrogen-bond acceptors (Lipinski definition) is 4. The molecule has 6 nitrogen and oxygen atoms in total. The van der Waals surface area contributed by atoms with E-state index in [1.54, 1.807) is 0 Å². The molecule has 208 valence electrons. The maximum atomic E-state index is 13.4. The van der Waals surface area contributed by atoms with Gasteiger partial charge in [-0.25, -0.2) is 14.3 Å².